The first-order valence-electron chi connectivity index (χ1n) is 6.89. The number of aliphatic hydroxyl groups is 1. The number of fused-ring (bicyclic) bond motifs is 1. The lowest BCUT2D eigenvalue weighted by atomic mass is 10.1. The van der Waals surface area contributed by atoms with Crippen molar-refractivity contribution in [3.05, 3.63) is 23.0 Å². The first kappa shape index (κ1) is 15.0. The SMILES string of the molecule is Cc1cn2c(CC(=O)NCCCC(C)CO)csc2n1. The third-order valence-corrected chi connectivity index (χ3v) is 4.14. The number of carbonyl (C=O) groups excluding carboxylic acids is 1. The molecule has 0 aromatic carbocycles. The molecule has 0 radical (unpaired) electrons. The summed E-state index contributed by atoms with van der Waals surface area (Å²) in [6, 6.07) is 0. The average Bonchev–Trinajstić information content (AvgIpc) is 2.95. The van der Waals surface area contributed by atoms with Gasteiger partial charge in [-0.3, -0.25) is 9.20 Å². The zero-order valence-corrected chi connectivity index (χ0v) is 12.7. The molecular weight excluding hydrogens is 274 g/mol. The van der Waals surface area contributed by atoms with Gasteiger partial charge in [-0.1, -0.05) is 6.92 Å². The van der Waals surface area contributed by atoms with E-state index < -0.39 is 0 Å². The maximum Gasteiger partial charge on any atom is 0.225 e. The molecule has 1 amide bonds. The molecule has 0 bridgehead atoms. The van der Waals surface area contributed by atoms with E-state index in [1.54, 1.807) is 11.3 Å². The number of rotatable bonds is 7. The fourth-order valence-electron chi connectivity index (χ4n) is 2.07. The smallest absolute Gasteiger partial charge is 0.225 e. The van der Waals surface area contributed by atoms with Gasteiger partial charge in [0.1, 0.15) is 0 Å². The zero-order valence-electron chi connectivity index (χ0n) is 11.9. The molecule has 20 heavy (non-hydrogen) atoms. The van der Waals surface area contributed by atoms with Crippen molar-refractivity contribution in [1.29, 1.82) is 0 Å². The Morgan fingerprint density at radius 3 is 3.15 bits per heavy atom. The highest BCUT2D eigenvalue weighted by Gasteiger charge is 2.10. The summed E-state index contributed by atoms with van der Waals surface area (Å²) in [5.74, 6) is 0.338. The van der Waals surface area contributed by atoms with Crippen LogP contribution in [0.25, 0.3) is 4.96 Å². The molecular formula is C14H21N3O2S. The molecule has 0 saturated carbocycles. The van der Waals surface area contributed by atoms with Gasteiger partial charge in [-0.15, -0.1) is 11.3 Å². The van der Waals surface area contributed by atoms with E-state index in [1.807, 2.05) is 29.8 Å². The van der Waals surface area contributed by atoms with Crippen LogP contribution in [0.15, 0.2) is 11.6 Å². The van der Waals surface area contributed by atoms with Crippen molar-refractivity contribution in [2.45, 2.75) is 33.1 Å². The van der Waals surface area contributed by atoms with Gasteiger partial charge in [0.15, 0.2) is 4.96 Å². The lowest BCUT2D eigenvalue weighted by Crippen LogP contribution is -2.26. The highest BCUT2D eigenvalue weighted by molar-refractivity contribution is 7.15. The monoisotopic (exact) mass is 295 g/mol. The van der Waals surface area contributed by atoms with E-state index in [9.17, 15) is 4.79 Å². The summed E-state index contributed by atoms with van der Waals surface area (Å²) in [6.45, 7) is 4.83. The first-order valence-corrected chi connectivity index (χ1v) is 7.77. The second kappa shape index (κ2) is 6.85. The minimum Gasteiger partial charge on any atom is -0.396 e. The molecule has 2 N–H and O–H groups in total. The van der Waals surface area contributed by atoms with Gasteiger partial charge >= 0.3 is 0 Å². The standard InChI is InChI=1S/C14H21N3O2S/c1-10(8-18)4-3-5-15-13(19)6-12-9-20-14-16-11(2)7-17(12)14/h7,9-10,18H,3-6,8H2,1-2H3,(H,15,19). The molecule has 2 rings (SSSR count). The van der Waals surface area contributed by atoms with E-state index >= 15 is 0 Å². The quantitative estimate of drug-likeness (QED) is 0.765. The second-order valence-electron chi connectivity index (χ2n) is 5.22. The van der Waals surface area contributed by atoms with Crippen LogP contribution in [0.4, 0.5) is 0 Å². The van der Waals surface area contributed by atoms with Crippen molar-refractivity contribution < 1.29 is 9.90 Å². The van der Waals surface area contributed by atoms with Gasteiger partial charge in [-0.05, 0) is 25.7 Å². The number of hydrogen-bond acceptors (Lipinski definition) is 4. The molecule has 0 saturated heterocycles. The number of amides is 1. The molecule has 0 spiro atoms. The molecule has 1 unspecified atom stereocenters. The Morgan fingerprint density at radius 2 is 2.40 bits per heavy atom. The zero-order chi connectivity index (χ0) is 14.5. The Balaban J connectivity index is 1.79. The Morgan fingerprint density at radius 1 is 1.60 bits per heavy atom. The van der Waals surface area contributed by atoms with E-state index in [-0.39, 0.29) is 12.5 Å². The van der Waals surface area contributed by atoms with Crippen molar-refractivity contribution in [2.75, 3.05) is 13.2 Å². The summed E-state index contributed by atoms with van der Waals surface area (Å²) in [6.07, 6.45) is 4.17. The van der Waals surface area contributed by atoms with Gasteiger partial charge in [0, 0.05) is 30.4 Å². The van der Waals surface area contributed by atoms with Crippen LogP contribution >= 0.6 is 11.3 Å². The summed E-state index contributed by atoms with van der Waals surface area (Å²) in [5, 5.41) is 13.8. The lowest BCUT2D eigenvalue weighted by Gasteiger charge is -2.08. The van der Waals surface area contributed by atoms with Crippen molar-refractivity contribution >= 4 is 22.2 Å². The summed E-state index contributed by atoms with van der Waals surface area (Å²) < 4.78 is 1.98. The Labute approximate surface area is 122 Å². The van der Waals surface area contributed by atoms with E-state index in [0.29, 0.717) is 18.9 Å². The van der Waals surface area contributed by atoms with Crippen LogP contribution in [0.2, 0.25) is 0 Å². The summed E-state index contributed by atoms with van der Waals surface area (Å²) in [7, 11) is 0. The van der Waals surface area contributed by atoms with Crippen LogP contribution in [-0.4, -0.2) is 33.6 Å². The van der Waals surface area contributed by atoms with Crippen LogP contribution in [-0.2, 0) is 11.2 Å². The Kier molecular flexibility index (Phi) is 5.14. The fraction of sp³-hybridized carbons (Fsp3) is 0.571. The van der Waals surface area contributed by atoms with Crippen LogP contribution in [0, 0.1) is 12.8 Å². The number of aryl methyl sites for hydroxylation is 1. The van der Waals surface area contributed by atoms with Crippen molar-refractivity contribution in [3.63, 3.8) is 0 Å². The minimum atomic E-state index is 0.0349. The van der Waals surface area contributed by atoms with Gasteiger partial charge in [0.2, 0.25) is 5.91 Å². The van der Waals surface area contributed by atoms with E-state index in [4.69, 9.17) is 5.11 Å². The van der Waals surface area contributed by atoms with Crippen molar-refractivity contribution in [2.24, 2.45) is 5.92 Å². The number of imidazole rings is 1. The first-order chi connectivity index (χ1) is 9.60. The molecule has 0 aliphatic heterocycles. The molecule has 2 heterocycles. The van der Waals surface area contributed by atoms with Gasteiger partial charge in [-0.2, -0.15) is 0 Å². The van der Waals surface area contributed by atoms with Crippen molar-refractivity contribution in [1.82, 2.24) is 14.7 Å². The van der Waals surface area contributed by atoms with Gasteiger partial charge in [0.05, 0.1) is 12.1 Å². The number of thiazole rings is 1. The van der Waals surface area contributed by atoms with Crippen LogP contribution in [0.5, 0.6) is 0 Å². The summed E-state index contributed by atoms with van der Waals surface area (Å²) in [5.41, 5.74) is 1.95. The molecule has 2 aromatic rings. The Bertz CT molecular complexity index is 576. The van der Waals surface area contributed by atoms with Gasteiger partial charge in [0.25, 0.3) is 0 Å². The third kappa shape index (κ3) is 3.80. The van der Waals surface area contributed by atoms with E-state index in [0.717, 1.165) is 29.2 Å². The predicted molar refractivity (Wildman–Crippen MR) is 80.0 cm³/mol. The summed E-state index contributed by atoms with van der Waals surface area (Å²) in [4.78, 5) is 17.2. The number of nitrogens with zero attached hydrogens (tertiary/aromatic N) is 2. The maximum atomic E-state index is 11.9. The number of nitrogens with one attached hydrogen (secondary N) is 1. The minimum absolute atomic E-state index is 0.0349. The highest BCUT2D eigenvalue weighted by atomic mass is 32.1. The molecule has 110 valence electrons. The van der Waals surface area contributed by atoms with E-state index in [1.165, 1.54) is 0 Å². The van der Waals surface area contributed by atoms with Gasteiger partial charge in [-0.25, -0.2) is 4.98 Å². The van der Waals surface area contributed by atoms with Crippen LogP contribution in [0.3, 0.4) is 0 Å². The molecule has 5 nitrogen and oxygen atoms in total. The number of aliphatic hydroxyl groups excluding tert-OH is 1. The molecule has 0 aliphatic carbocycles. The average molecular weight is 295 g/mol. The largest absolute Gasteiger partial charge is 0.396 e. The third-order valence-electron chi connectivity index (χ3n) is 3.25. The molecule has 0 aliphatic rings. The second-order valence-corrected chi connectivity index (χ2v) is 6.06. The molecule has 6 heteroatoms. The maximum absolute atomic E-state index is 11.9. The Hall–Kier alpha value is -1.40. The number of hydrogen-bond donors (Lipinski definition) is 2. The topological polar surface area (TPSA) is 66.6 Å². The molecule has 2 aromatic heterocycles. The molecule has 0 fully saturated rings. The van der Waals surface area contributed by atoms with Crippen LogP contribution < -0.4 is 5.32 Å². The number of aromatic nitrogens is 2. The highest BCUT2D eigenvalue weighted by Crippen LogP contribution is 2.16. The normalized spacial score (nSPS) is 12.8. The summed E-state index contributed by atoms with van der Waals surface area (Å²) >= 11 is 1.56. The predicted octanol–water partition coefficient (Wildman–Crippen LogP) is 1.77. The van der Waals surface area contributed by atoms with Crippen LogP contribution in [0.1, 0.15) is 31.2 Å². The number of carbonyl (C=O) groups is 1. The lowest BCUT2D eigenvalue weighted by molar-refractivity contribution is -0.120. The van der Waals surface area contributed by atoms with Gasteiger partial charge < -0.3 is 10.4 Å². The molecule has 1 atom stereocenters. The fourth-order valence-corrected chi connectivity index (χ4v) is 2.98. The van der Waals surface area contributed by atoms with Crippen molar-refractivity contribution in [3.8, 4) is 0 Å². The van der Waals surface area contributed by atoms with E-state index in [2.05, 4.69) is 10.3 Å².